The van der Waals surface area contributed by atoms with Gasteiger partial charge in [-0.3, -0.25) is 0 Å². The van der Waals surface area contributed by atoms with E-state index in [4.69, 9.17) is 9.47 Å². The number of sulfonamides is 1. The highest BCUT2D eigenvalue weighted by Crippen LogP contribution is 2.23. The van der Waals surface area contributed by atoms with Crippen LogP contribution in [0.5, 0.6) is 0 Å². The van der Waals surface area contributed by atoms with Crippen LogP contribution in [0.4, 0.5) is 0 Å². The largest absolute Gasteiger partial charge is 0.382 e. The summed E-state index contributed by atoms with van der Waals surface area (Å²) in [4.78, 5) is 0.222. The smallest absolute Gasteiger partial charge is 0.241 e. The molecular weight excluding hydrogens is 360 g/mol. The van der Waals surface area contributed by atoms with Gasteiger partial charge in [0.2, 0.25) is 10.0 Å². The molecule has 8 heteroatoms. The van der Waals surface area contributed by atoms with Crippen LogP contribution in [0.25, 0.3) is 0 Å². The molecule has 120 valence electrons. The van der Waals surface area contributed by atoms with Crippen molar-refractivity contribution in [1.82, 2.24) is 10.0 Å². The van der Waals surface area contributed by atoms with E-state index in [2.05, 4.69) is 26.0 Å². The van der Waals surface area contributed by atoms with Crippen LogP contribution in [0.3, 0.4) is 0 Å². The van der Waals surface area contributed by atoms with Crippen molar-refractivity contribution < 1.29 is 17.9 Å². The van der Waals surface area contributed by atoms with Crippen molar-refractivity contribution in [3.63, 3.8) is 0 Å². The fourth-order valence-corrected chi connectivity index (χ4v) is 3.78. The topological polar surface area (TPSA) is 76.7 Å². The molecule has 0 fully saturated rings. The Morgan fingerprint density at radius 3 is 2.62 bits per heavy atom. The van der Waals surface area contributed by atoms with E-state index in [1.165, 1.54) is 0 Å². The van der Waals surface area contributed by atoms with Crippen LogP contribution in [-0.4, -0.2) is 48.9 Å². The van der Waals surface area contributed by atoms with Crippen molar-refractivity contribution in [3.05, 3.63) is 28.2 Å². The van der Waals surface area contributed by atoms with Crippen LogP contribution in [0.15, 0.2) is 27.6 Å². The van der Waals surface area contributed by atoms with E-state index in [0.717, 1.165) is 5.56 Å². The quantitative estimate of drug-likeness (QED) is 0.594. The molecule has 0 aromatic heterocycles. The van der Waals surface area contributed by atoms with Gasteiger partial charge in [-0.25, -0.2) is 13.1 Å². The second-order valence-corrected chi connectivity index (χ2v) is 6.89. The Kier molecular flexibility index (Phi) is 8.38. The summed E-state index contributed by atoms with van der Waals surface area (Å²) >= 11 is 3.30. The van der Waals surface area contributed by atoms with Crippen molar-refractivity contribution in [2.45, 2.75) is 11.4 Å². The zero-order chi connectivity index (χ0) is 15.7. The average Bonchev–Trinajstić information content (AvgIpc) is 2.43. The van der Waals surface area contributed by atoms with Crippen LogP contribution in [0.1, 0.15) is 5.56 Å². The third kappa shape index (κ3) is 6.41. The molecule has 1 aromatic carbocycles. The van der Waals surface area contributed by atoms with Crippen LogP contribution < -0.4 is 10.0 Å². The highest BCUT2D eigenvalue weighted by molar-refractivity contribution is 9.10. The molecule has 0 amide bonds. The van der Waals surface area contributed by atoms with E-state index in [1.54, 1.807) is 25.3 Å². The van der Waals surface area contributed by atoms with Gasteiger partial charge in [0, 0.05) is 24.7 Å². The van der Waals surface area contributed by atoms with Gasteiger partial charge in [0.1, 0.15) is 0 Å². The summed E-state index contributed by atoms with van der Waals surface area (Å²) in [5.41, 5.74) is 1.01. The molecule has 0 heterocycles. The maximum Gasteiger partial charge on any atom is 0.241 e. The summed E-state index contributed by atoms with van der Waals surface area (Å²) in [5.74, 6) is 0. The molecule has 0 bridgehead atoms. The van der Waals surface area contributed by atoms with Crippen molar-refractivity contribution in [3.8, 4) is 0 Å². The maximum absolute atomic E-state index is 12.2. The minimum Gasteiger partial charge on any atom is -0.382 e. The van der Waals surface area contributed by atoms with Crippen molar-refractivity contribution >= 4 is 26.0 Å². The van der Waals surface area contributed by atoms with E-state index < -0.39 is 10.0 Å². The molecular formula is C13H21BrN2O4S. The number of ether oxygens (including phenoxy) is 2. The lowest BCUT2D eigenvalue weighted by atomic mass is 10.2. The Balaban J connectivity index is 2.57. The van der Waals surface area contributed by atoms with E-state index in [-0.39, 0.29) is 11.4 Å². The Morgan fingerprint density at radius 2 is 2.00 bits per heavy atom. The summed E-state index contributed by atoms with van der Waals surface area (Å²) in [6.45, 7) is 2.14. The van der Waals surface area contributed by atoms with E-state index in [9.17, 15) is 8.42 Å². The van der Waals surface area contributed by atoms with Crippen LogP contribution in [0, 0.1) is 0 Å². The van der Waals surface area contributed by atoms with Crippen LogP contribution in [0.2, 0.25) is 0 Å². The van der Waals surface area contributed by atoms with Crippen molar-refractivity contribution in [2.75, 3.05) is 40.5 Å². The summed E-state index contributed by atoms with van der Waals surface area (Å²) in [6, 6.07) is 5.16. The zero-order valence-electron chi connectivity index (χ0n) is 12.2. The Labute approximate surface area is 134 Å². The minimum absolute atomic E-state index is 0.219. The number of benzene rings is 1. The van der Waals surface area contributed by atoms with Gasteiger partial charge >= 0.3 is 0 Å². The standard InChI is InChI=1S/C13H21BrN2O4S/c1-15-10-11-3-4-13(12(14)9-11)21(17,18)16-5-6-20-8-7-19-2/h3-4,9,15-16H,5-8,10H2,1-2H3. The molecule has 21 heavy (non-hydrogen) atoms. The average molecular weight is 381 g/mol. The Hall–Kier alpha value is -0.510. The zero-order valence-corrected chi connectivity index (χ0v) is 14.6. The fourth-order valence-electron chi connectivity index (χ4n) is 1.65. The predicted octanol–water partition coefficient (Wildman–Crippen LogP) is 1.11. The molecule has 0 unspecified atom stereocenters. The molecule has 1 rings (SSSR count). The molecule has 0 aliphatic carbocycles. The SMILES string of the molecule is CNCc1ccc(S(=O)(=O)NCCOCCOC)c(Br)c1. The molecule has 0 radical (unpaired) electrons. The number of halogens is 1. The van der Waals surface area contributed by atoms with Crippen molar-refractivity contribution in [2.24, 2.45) is 0 Å². The van der Waals surface area contributed by atoms with Gasteiger partial charge < -0.3 is 14.8 Å². The van der Waals surface area contributed by atoms with E-state index >= 15 is 0 Å². The minimum atomic E-state index is -3.54. The summed E-state index contributed by atoms with van der Waals surface area (Å²) in [7, 11) is -0.122. The lowest BCUT2D eigenvalue weighted by Crippen LogP contribution is -2.28. The number of methoxy groups -OCH3 is 1. The summed E-state index contributed by atoms with van der Waals surface area (Å²) < 4.78 is 37.4. The second kappa shape index (κ2) is 9.50. The van der Waals surface area contributed by atoms with Gasteiger partial charge in [0.25, 0.3) is 0 Å². The molecule has 6 nitrogen and oxygen atoms in total. The van der Waals surface area contributed by atoms with Gasteiger partial charge in [0.05, 0.1) is 24.7 Å². The van der Waals surface area contributed by atoms with Gasteiger partial charge in [-0.15, -0.1) is 0 Å². The molecule has 2 N–H and O–H groups in total. The van der Waals surface area contributed by atoms with Gasteiger partial charge in [-0.05, 0) is 40.7 Å². The second-order valence-electron chi connectivity index (χ2n) is 4.30. The highest BCUT2D eigenvalue weighted by Gasteiger charge is 2.17. The number of nitrogens with one attached hydrogen (secondary N) is 2. The number of rotatable bonds is 10. The molecule has 0 spiro atoms. The first-order valence-electron chi connectivity index (χ1n) is 6.50. The summed E-state index contributed by atoms with van der Waals surface area (Å²) in [6.07, 6.45) is 0. The molecule has 0 aliphatic rings. The van der Waals surface area contributed by atoms with Crippen LogP contribution in [-0.2, 0) is 26.0 Å². The predicted molar refractivity (Wildman–Crippen MR) is 84.8 cm³/mol. The summed E-state index contributed by atoms with van der Waals surface area (Å²) in [5, 5.41) is 3.02. The lowest BCUT2D eigenvalue weighted by Gasteiger charge is -2.10. The highest BCUT2D eigenvalue weighted by atomic mass is 79.9. The van der Waals surface area contributed by atoms with Gasteiger partial charge in [-0.2, -0.15) is 0 Å². The first-order valence-corrected chi connectivity index (χ1v) is 8.78. The third-order valence-corrected chi connectivity index (χ3v) is 5.07. The van der Waals surface area contributed by atoms with E-state index in [0.29, 0.717) is 30.8 Å². The fraction of sp³-hybridized carbons (Fsp3) is 0.538. The van der Waals surface area contributed by atoms with Crippen molar-refractivity contribution in [1.29, 1.82) is 0 Å². The first kappa shape index (κ1) is 18.5. The molecule has 0 atom stereocenters. The Morgan fingerprint density at radius 1 is 1.24 bits per heavy atom. The van der Waals surface area contributed by atoms with E-state index in [1.807, 2.05) is 7.05 Å². The number of hydrogen-bond acceptors (Lipinski definition) is 5. The van der Waals surface area contributed by atoms with Gasteiger partial charge in [0.15, 0.2) is 0 Å². The normalized spacial score (nSPS) is 11.8. The van der Waals surface area contributed by atoms with Crippen LogP contribution >= 0.6 is 15.9 Å². The first-order chi connectivity index (χ1) is 10.0. The Bertz CT molecular complexity index is 537. The monoisotopic (exact) mass is 380 g/mol. The molecule has 0 saturated carbocycles. The van der Waals surface area contributed by atoms with Gasteiger partial charge in [-0.1, -0.05) is 6.07 Å². The molecule has 1 aromatic rings. The molecule has 0 saturated heterocycles. The number of hydrogen-bond donors (Lipinski definition) is 2. The molecule has 0 aliphatic heterocycles. The maximum atomic E-state index is 12.2. The third-order valence-electron chi connectivity index (χ3n) is 2.64. The lowest BCUT2D eigenvalue weighted by molar-refractivity contribution is 0.0736.